The molecule has 0 spiro atoms. The summed E-state index contributed by atoms with van der Waals surface area (Å²) in [5.74, 6) is 0. The van der Waals surface area contributed by atoms with Crippen molar-refractivity contribution in [3.05, 3.63) is 0 Å². The van der Waals surface area contributed by atoms with Crippen LogP contribution in [0, 0.1) is 0 Å². The van der Waals surface area contributed by atoms with Gasteiger partial charge in [0.15, 0.2) is 0 Å². The Morgan fingerprint density at radius 3 is 2.63 bits per heavy atom. The third-order valence-corrected chi connectivity index (χ3v) is 5.33. The summed E-state index contributed by atoms with van der Waals surface area (Å²) < 4.78 is 28.6. The van der Waals surface area contributed by atoms with Gasteiger partial charge in [0.05, 0.1) is 11.4 Å². The molecule has 0 aromatic rings. The first-order valence-electron chi connectivity index (χ1n) is 7.43. The highest BCUT2D eigenvalue weighted by molar-refractivity contribution is 7.91. The monoisotopic (exact) mass is 291 g/mol. The minimum absolute atomic E-state index is 0.136. The van der Waals surface area contributed by atoms with Gasteiger partial charge in [0.1, 0.15) is 9.84 Å². The molecule has 2 unspecified atom stereocenters. The van der Waals surface area contributed by atoms with Crippen molar-refractivity contribution in [1.82, 2.24) is 5.32 Å². The number of unbranched alkanes of at least 4 members (excludes halogenated alkanes) is 1. The minimum atomic E-state index is -2.87. The topological polar surface area (TPSA) is 55.4 Å². The van der Waals surface area contributed by atoms with E-state index in [0.29, 0.717) is 12.1 Å². The van der Waals surface area contributed by atoms with Crippen LogP contribution in [-0.4, -0.2) is 45.2 Å². The average Bonchev–Trinajstić information content (AvgIpc) is 2.32. The molecular weight excluding hydrogens is 262 g/mol. The molecule has 5 heteroatoms. The summed E-state index contributed by atoms with van der Waals surface area (Å²) in [6, 6.07) is 0.375. The molecule has 1 aliphatic rings. The Morgan fingerprint density at radius 2 is 2.00 bits per heavy atom. The highest BCUT2D eigenvalue weighted by Crippen LogP contribution is 2.23. The van der Waals surface area contributed by atoms with E-state index in [1.54, 1.807) is 0 Å². The third kappa shape index (κ3) is 7.28. The lowest BCUT2D eigenvalue weighted by atomic mass is 9.95. The van der Waals surface area contributed by atoms with Crippen molar-refractivity contribution < 1.29 is 13.2 Å². The van der Waals surface area contributed by atoms with Gasteiger partial charge in [-0.25, -0.2) is 8.42 Å². The lowest BCUT2D eigenvalue weighted by Crippen LogP contribution is -2.39. The number of hydrogen-bond acceptors (Lipinski definition) is 4. The van der Waals surface area contributed by atoms with Gasteiger partial charge >= 0.3 is 0 Å². The van der Waals surface area contributed by atoms with Crippen LogP contribution in [0.4, 0.5) is 0 Å². The predicted molar refractivity (Wildman–Crippen MR) is 79.2 cm³/mol. The van der Waals surface area contributed by atoms with Crippen molar-refractivity contribution in [2.24, 2.45) is 0 Å². The molecule has 1 aliphatic carbocycles. The minimum Gasteiger partial charge on any atom is -0.379 e. The smallest absolute Gasteiger partial charge is 0.150 e. The molecule has 0 aliphatic heterocycles. The first-order valence-corrected chi connectivity index (χ1v) is 9.39. The molecule has 0 bridgehead atoms. The largest absolute Gasteiger partial charge is 0.379 e. The Morgan fingerprint density at radius 1 is 1.26 bits per heavy atom. The Balaban J connectivity index is 2.13. The van der Waals surface area contributed by atoms with E-state index in [2.05, 4.69) is 5.32 Å². The van der Waals surface area contributed by atoms with E-state index in [1.165, 1.54) is 6.26 Å². The standard InChI is InChI=1S/C14H29NO3S/c1-12(2)18-10-5-4-9-15-13-7-6-8-14(11-13)19(3,16)17/h12-15H,4-11H2,1-3H3. The Hall–Kier alpha value is -0.130. The Kier molecular flexibility index (Phi) is 7.32. The maximum Gasteiger partial charge on any atom is 0.150 e. The molecule has 0 aromatic heterocycles. The first kappa shape index (κ1) is 16.9. The second-order valence-corrected chi connectivity index (χ2v) is 8.22. The van der Waals surface area contributed by atoms with E-state index in [-0.39, 0.29) is 5.25 Å². The van der Waals surface area contributed by atoms with Gasteiger partial charge < -0.3 is 10.1 Å². The van der Waals surface area contributed by atoms with Crippen LogP contribution in [0.15, 0.2) is 0 Å². The zero-order valence-electron chi connectivity index (χ0n) is 12.5. The molecule has 19 heavy (non-hydrogen) atoms. The number of rotatable bonds is 8. The van der Waals surface area contributed by atoms with Crippen molar-refractivity contribution >= 4 is 9.84 Å². The maximum absolute atomic E-state index is 11.6. The van der Waals surface area contributed by atoms with E-state index in [4.69, 9.17) is 4.74 Å². The molecule has 2 atom stereocenters. The summed E-state index contributed by atoms with van der Waals surface area (Å²) in [5, 5.41) is 3.36. The zero-order valence-corrected chi connectivity index (χ0v) is 13.3. The summed E-state index contributed by atoms with van der Waals surface area (Å²) in [4.78, 5) is 0. The normalized spacial score (nSPS) is 24.8. The van der Waals surface area contributed by atoms with Gasteiger partial charge in [-0.3, -0.25) is 0 Å². The van der Waals surface area contributed by atoms with Crippen LogP contribution < -0.4 is 5.32 Å². The van der Waals surface area contributed by atoms with Gasteiger partial charge in [-0.05, 0) is 52.5 Å². The number of nitrogens with one attached hydrogen (secondary N) is 1. The zero-order chi connectivity index (χ0) is 14.3. The van der Waals surface area contributed by atoms with Crippen molar-refractivity contribution in [1.29, 1.82) is 0 Å². The second kappa shape index (κ2) is 8.22. The summed E-state index contributed by atoms with van der Waals surface area (Å²) in [6.45, 7) is 5.87. The quantitative estimate of drug-likeness (QED) is 0.696. The molecule has 1 rings (SSSR count). The van der Waals surface area contributed by atoms with E-state index >= 15 is 0 Å². The van der Waals surface area contributed by atoms with Crippen LogP contribution >= 0.6 is 0 Å². The van der Waals surface area contributed by atoms with Crippen LogP contribution in [0.2, 0.25) is 0 Å². The Labute approximate surface area is 118 Å². The second-order valence-electron chi connectivity index (χ2n) is 5.90. The van der Waals surface area contributed by atoms with Crippen LogP contribution in [0.3, 0.4) is 0 Å². The average molecular weight is 291 g/mol. The van der Waals surface area contributed by atoms with Gasteiger partial charge in [0.2, 0.25) is 0 Å². The fourth-order valence-corrected chi connectivity index (χ4v) is 3.75. The van der Waals surface area contributed by atoms with Crippen molar-refractivity contribution in [2.75, 3.05) is 19.4 Å². The van der Waals surface area contributed by atoms with E-state index in [1.807, 2.05) is 13.8 Å². The van der Waals surface area contributed by atoms with Crippen molar-refractivity contribution in [3.63, 3.8) is 0 Å². The summed E-state index contributed by atoms with van der Waals surface area (Å²) in [5.41, 5.74) is 0. The maximum atomic E-state index is 11.6. The molecule has 1 fully saturated rings. The highest BCUT2D eigenvalue weighted by atomic mass is 32.2. The van der Waals surface area contributed by atoms with Gasteiger partial charge in [-0.1, -0.05) is 6.42 Å². The molecule has 114 valence electrons. The molecule has 0 amide bonds. The van der Waals surface area contributed by atoms with Gasteiger partial charge in [-0.2, -0.15) is 0 Å². The van der Waals surface area contributed by atoms with Crippen LogP contribution in [0.1, 0.15) is 52.4 Å². The van der Waals surface area contributed by atoms with Gasteiger partial charge in [-0.15, -0.1) is 0 Å². The SMILES string of the molecule is CC(C)OCCCCNC1CCCC(S(C)(=O)=O)C1. The number of sulfone groups is 1. The molecule has 0 aromatic carbocycles. The molecule has 1 N–H and O–H groups in total. The summed E-state index contributed by atoms with van der Waals surface area (Å²) >= 11 is 0. The van der Waals surface area contributed by atoms with Crippen LogP contribution in [0.5, 0.6) is 0 Å². The van der Waals surface area contributed by atoms with E-state index < -0.39 is 9.84 Å². The van der Waals surface area contributed by atoms with Crippen molar-refractivity contribution in [3.8, 4) is 0 Å². The van der Waals surface area contributed by atoms with Crippen molar-refractivity contribution in [2.45, 2.75) is 69.8 Å². The first-order chi connectivity index (χ1) is 8.89. The summed E-state index contributed by atoms with van der Waals surface area (Å²) in [7, 11) is -2.87. The highest BCUT2D eigenvalue weighted by Gasteiger charge is 2.28. The molecular formula is C14H29NO3S. The molecule has 1 saturated carbocycles. The van der Waals surface area contributed by atoms with E-state index in [0.717, 1.165) is 51.7 Å². The molecule has 0 radical (unpaired) electrons. The molecule has 0 saturated heterocycles. The van der Waals surface area contributed by atoms with Crippen LogP contribution in [-0.2, 0) is 14.6 Å². The molecule has 0 heterocycles. The fourth-order valence-electron chi connectivity index (χ4n) is 2.57. The Bertz CT molecular complexity index is 341. The fraction of sp³-hybridized carbons (Fsp3) is 1.00. The van der Waals surface area contributed by atoms with Gasteiger partial charge in [0.25, 0.3) is 0 Å². The van der Waals surface area contributed by atoms with Gasteiger partial charge in [0, 0.05) is 18.9 Å². The predicted octanol–water partition coefficient (Wildman–Crippen LogP) is 2.14. The third-order valence-electron chi connectivity index (χ3n) is 3.69. The lowest BCUT2D eigenvalue weighted by Gasteiger charge is -2.28. The molecule has 4 nitrogen and oxygen atoms in total. The number of ether oxygens (including phenoxy) is 1. The summed E-state index contributed by atoms with van der Waals surface area (Å²) in [6.07, 6.45) is 7.56. The van der Waals surface area contributed by atoms with Crippen LogP contribution in [0.25, 0.3) is 0 Å². The lowest BCUT2D eigenvalue weighted by molar-refractivity contribution is 0.0759. The van der Waals surface area contributed by atoms with E-state index in [9.17, 15) is 8.42 Å². The number of hydrogen-bond donors (Lipinski definition) is 1.